The molecule has 1 aliphatic carbocycles. The van der Waals surface area contributed by atoms with Gasteiger partial charge in [0.05, 0.1) is 6.61 Å². The van der Waals surface area contributed by atoms with E-state index < -0.39 is 5.97 Å². The summed E-state index contributed by atoms with van der Waals surface area (Å²) in [5, 5.41) is 0. The third kappa shape index (κ3) is 4.09. The van der Waals surface area contributed by atoms with Gasteiger partial charge in [0.25, 0.3) is 0 Å². The van der Waals surface area contributed by atoms with Gasteiger partial charge in [-0.1, -0.05) is 12.8 Å². The molecule has 0 radical (unpaired) electrons. The fraction of sp³-hybridized carbons (Fsp3) is 0.556. The molecular weight excluding hydrogens is 278 g/mol. The summed E-state index contributed by atoms with van der Waals surface area (Å²) in [7, 11) is 0. The molecule has 0 saturated heterocycles. The van der Waals surface area contributed by atoms with Crippen LogP contribution in [0.2, 0.25) is 0 Å². The minimum Gasteiger partial charge on any atom is -0.466 e. The Balaban J connectivity index is 2.02. The number of anilines is 1. The maximum Gasteiger partial charge on any atom is 0.313 e. The topological polar surface area (TPSA) is 46.6 Å². The predicted molar refractivity (Wildman–Crippen MR) is 87.3 cm³/mol. The fourth-order valence-electron chi connectivity index (χ4n) is 3.15. The molecule has 1 fully saturated rings. The molecule has 0 unspecified atom stereocenters. The number of hydrogen-bond donors (Lipinski definition) is 0. The second-order valence-corrected chi connectivity index (χ2v) is 5.68. The largest absolute Gasteiger partial charge is 0.466 e. The van der Waals surface area contributed by atoms with Crippen molar-refractivity contribution < 1.29 is 14.3 Å². The maximum absolute atomic E-state index is 12.0. The lowest BCUT2D eigenvalue weighted by molar-refractivity contribution is -0.141. The van der Waals surface area contributed by atoms with Gasteiger partial charge >= 0.3 is 5.97 Å². The Hall–Kier alpha value is -1.84. The summed E-state index contributed by atoms with van der Waals surface area (Å²) >= 11 is 0. The van der Waals surface area contributed by atoms with E-state index in [1.165, 1.54) is 25.7 Å². The first kappa shape index (κ1) is 16.5. The highest BCUT2D eigenvalue weighted by molar-refractivity contribution is 6.06. The first-order valence-electron chi connectivity index (χ1n) is 8.21. The highest BCUT2D eigenvalue weighted by Gasteiger charge is 2.22. The highest BCUT2D eigenvalue weighted by Crippen LogP contribution is 2.28. The number of benzene rings is 1. The number of carbonyl (C=O) groups excluding carboxylic acids is 2. The van der Waals surface area contributed by atoms with Crippen LogP contribution in [-0.4, -0.2) is 30.9 Å². The van der Waals surface area contributed by atoms with Crippen LogP contribution in [0.15, 0.2) is 24.3 Å². The molecule has 0 atom stereocenters. The minimum absolute atomic E-state index is 0.186. The molecule has 1 aliphatic rings. The molecule has 2 rings (SSSR count). The highest BCUT2D eigenvalue weighted by atomic mass is 16.5. The van der Waals surface area contributed by atoms with Gasteiger partial charge < -0.3 is 9.64 Å². The van der Waals surface area contributed by atoms with Crippen LogP contribution in [0.3, 0.4) is 0 Å². The number of rotatable bonds is 7. The lowest BCUT2D eigenvalue weighted by Crippen LogP contribution is -2.32. The van der Waals surface area contributed by atoms with Crippen molar-refractivity contribution in [1.29, 1.82) is 0 Å². The SMILES string of the molecule is CCOC(=O)CC(=O)c1ccc(N(CC)C2CCCC2)cc1. The molecule has 0 aromatic heterocycles. The van der Waals surface area contributed by atoms with E-state index >= 15 is 0 Å². The molecule has 22 heavy (non-hydrogen) atoms. The van der Waals surface area contributed by atoms with Crippen molar-refractivity contribution in [2.75, 3.05) is 18.1 Å². The maximum atomic E-state index is 12.0. The van der Waals surface area contributed by atoms with Gasteiger partial charge in [-0.05, 0) is 51.0 Å². The summed E-state index contributed by atoms with van der Waals surface area (Å²) in [4.78, 5) is 25.8. The van der Waals surface area contributed by atoms with E-state index in [0.717, 1.165) is 12.2 Å². The van der Waals surface area contributed by atoms with Gasteiger partial charge in [0.1, 0.15) is 6.42 Å². The Morgan fingerprint density at radius 2 is 1.77 bits per heavy atom. The van der Waals surface area contributed by atoms with Crippen molar-refractivity contribution in [1.82, 2.24) is 0 Å². The Kier molecular flexibility index (Phi) is 5.99. The number of Topliss-reactive ketones (excluding diaryl/α,β-unsaturated/α-hetero) is 1. The molecule has 0 amide bonds. The molecule has 0 spiro atoms. The Morgan fingerprint density at radius 1 is 1.14 bits per heavy atom. The number of ether oxygens (including phenoxy) is 1. The zero-order chi connectivity index (χ0) is 15.9. The summed E-state index contributed by atoms with van der Waals surface area (Å²) < 4.78 is 4.81. The van der Waals surface area contributed by atoms with Gasteiger partial charge in [0.15, 0.2) is 5.78 Å². The second-order valence-electron chi connectivity index (χ2n) is 5.68. The van der Waals surface area contributed by atoms with Gasteiger partial charge in [-0.25, -0.2) is 0 Å². The van der Waals surface area contributed by atoms with Gasteiger partial charge in [-0.15, -0.1) is 0 Å². The fourth-order valence-corrected chi connectivity index (χ4v) is 3.15. The first-order chi connectivity index (χ1) is 10.7. The molecule has 4 nitrogen and oxygen atoms in total. The molecule has 0 bridgehead atoms. The number of ketones is 1. The normalized spacial score (nSPS) is 14.8. The number of esters is 1. The van der Waals surface area contributed by atoms with Gasteiger partial charge in [-0.3, -0.25) is 9.59 Å². The predicted octanol–water partition coefficient (Wildman–Crippen LogP) is 3.59. The van der Waals surface area contributed by atoms with E-state index in [9.17, 15) is 9.59 Å². The van der Waals surface area contributed by atoms with Crippen LogP contribution < -0.4 is 4.90 Å². The zero-order valence-electron chi connectivity index (χ0n) is 13.5. The molecule has 0 N–H and O–H groups in total. The molecular formula is C18H25NO3. The summed E-state index contributed by atoms with van der Waals surface area (Å²) in [6.45, 7) is 5.18. The van der Waals surface area contributed by atoms with E-state index in [1.807, 2.05) is 24.3 Å². The quantitative estimate of drug-likeness (QED) is 0.439. The van der Waals surface area contributed by atoms with Crippen LogP contribution in [0.25, 0.3) is 0 Å². The average Bonchev–Trinajstić information content (AvgIpc) is 3.03. The van der Waals surface area contributed by atoms with Crippen molar-refractivity contribution in [3.05, 3.63) is 29.8 Å². The molecule has 0 heterocycles. The van der Waals surface area contributed by atoms with Crippen LogP contribution in [0.1, 0.15) is 56.3 Å². The molecule has 1 aromatic carbocycles. The third-order valence-corrected chi connectivity index (χ3v) is 4.24. The molecule has 1 aromatic rings. The average molecular weight is 303 g/mol. The Bertz CT molecular complexity index is 504. The van der Waals surface area contributed by atoms with Crippen molar-refractivity contribution in [2.45, 2.75) is 52.0 Å². The van der Waals surface area contributed by atoms with Crippen molar-refractivity contribution >= 4 is 17.4 Å². The van der Waals surface area contributed by atoms with E-state index in [2.05, 4.69) is 11.8 Å². The van der Waals surface area contributed by atoms with E-state index in [-0.39, 0.29) is 12.2 Å². The molecule has 0 aliphatic heterocycles. The monoisotopic (exact) mass is 303 g/mol. The van der Waals surface area contributed by atoms with Crippen LogP contribution in [0.4, 0.5) is 5.69 Å². The minimum atomic E-state index is -0.460. The lowest BCUT2D eigenvalue weighted by atomic mass is 10.1. The number of nitrogens with zero attached hydrogens (tertiary/aromatic N) is 1. The van der Waals surface area contributed by atoms with E-state index in [0.29, 0.717) is 18.2 Å². The second kappa shape index (κ2) is 7.97. The molecule has 1 saturated carbocycles. The van der Waals surface area contributed by atoms with E-state index in [4.69, 9.17) is 4.74 Å². The van der Waals surface area contributed by atoms with Crippen LogP contribution in [0.5, 0.6) is 0 Å². The van der Waals surface area contributed by atoms with Gasteiger partial charge in [0, 0.05) is 23.8 Å². The first-order valence-corrected chi connectivity index (χ1v) is 8.21. The lowest BCUT2D eigenvalue weighted by Gasteiger charge is -2.30. The van der Waals surface area contributed by atoms with Crippen molar-refractivity contribution in [3.63, 3.8) is 0 Å². The summed E-state index contributed by atoms with van der Waals surface area (Å²) in [5.74, 6) is -0.647. The summed E-state index contributed by atoms with van der Waals surface area (Å²) in [5.41, 5.74) is 1.72. The molecule has 4 heteroatoms. The summed E-state index contributed by atoms with van der Waals surface area (Å²) in [6, 6.07) is 8.22. The smallest absolute Gasteiger partial charge is 0.313 e. The van der Waals surface area contributed by atoms with E-state index in [1.54, 1.807) is 6.92 Å². The van der Waals surface area contributed by atoms with Crippen molar-refractivity contribution in [2.24, 2.45) is 0 Å². The third-order valence-electron chi connectivity index (χ3n) is 4.24. The number of carbonyl (C=O) groups is 2. The molecule has 120 valence electrons. The summed E-state index contributed by atoms with van der Waals surface area (Å²) in [6.07, 6.45) is 4.91. The van der Waals surface area contributed by atoms with Crippen LogP contribution in [-0.2, 0) is 9.53 Å². The van der Waals surface area contributed by atoms with Gasteiger partial charge in [0.2, 0.25) is 0 Å². The van der Waals surface area contributed by atoms with Gasteiger partial charge in [-0.2, -0.15) is 0 Å². The van der Waals surface area contributed by atoms with Crippen LogP contribution >= 0.6 is 0 Å². The van der Waals surface area contributed by atoms with Crippen molar-refractivity contribution in [3.8, 4) is 0 Å². The van der Waals surface area contributed by atoms with Crippen LogP contribution in [0, 0.1) is 0 Å². The number of hydrogen-bond acceptors (Lipinski definition) is 4. The zero-order valence-corrected chi connectivity index (χ0v) is 13.5. The Morgan fingerprint density at radius 3 is 2.32 bits per heavy atom. The standard InChI is InChI=1S/C18H25NO3/c1-3-19(15-7-5-6-8-15)16-11-9-14(10-12-16)17(20)13-18(21)22-4-2/h9-12,15H,3-8,13H2,1-2H3. The Labute approximate surface area is 132 Å².